The van der Waals surface area contributed by atoms with E-state index in [1.807, 2.05) is 0 Å². The number of rotatable bonds is 2. The van der Waals surface area contributed by atoms with Crippen molar-refractivity contribution in [1.82, 2.24) is 0 Å². The van der Waals surface area contributed by atoms with E-state index in [9.17, 15) is 9.59 Å². The number of nitrogens with zero attached hydrogens (tertiary/aromatic N) is 1. The van der Waals surface area contributed by atoms with Crippen LogP contribution in [0, 0.1) is 0 Å². The van der Waals surface area contributed by atoms with Crippen LogP contribution < -0.4 is 4.90 Å². The van der Waals surface area contributed by atoms with Gasteiger partial charge in [0.15, 0.2) is 0 Å². The van der Waals surface area contributed by atoms with Crippen LogP contribution >= 0.6 is 23.2 Å². The number of hydrogen-bond donors (Lipinski definition) is 0. The van der Waals surface area contributed by atoms with E-state index in [4.69, 9.17) is 23.2 Å². The maximum atomic E-state index is 11.8. The Bertz CT molecular complexity index is 537. The first-order valence-electron chi connectivity index (χ1n) is 4.96. The summed E-state index contributed by atoms with van der Waals surface area (Å²) in [5, 5.41) is 0.490. The lowest BCUT2D eigenvalue weighted by Crippen LogP contribution is -2.31. The molecule has 0 bridgehead atoms. The zero-order valence-electron chi connectivity index (χ0n) is 9.04. The molecule has 1 amide bonds. The molecule has 0 N–H and O–H groups in total. The van der Waals surface area contributed by atoms with Crippen molar-refractivity contribution in [3.63, 3.8) is 0 Å². The number of carbonyl (C=O) groups excluding carboxylic acids is 2. The van der Waals surface area contributed by atoms with Crippen molar-refractivity contribution in [2.45, 2.75) is 6.92 Å². The summed E-state index contributed by atoms with van der Waals surface area (Å²) >= 11 is 11.4. The Kier molecular flexibility index (Phi) is 3.22. The van der Waals surface area contributed by atoms with Gasteiger partial charge in [-0.05, 0) is 30.7 Å². The van der Waals surface area contributed by atoms with Crippen LogP contribution in [0.3, 0.4) is 0 Å². The van der Waals surface area contributed by atoms with E-state index < -0.39 is 11.7 Å². The van der Waals surface area contributed by atoms with Crippen molar-refractivity contribution < 1.29 is 9.59 Å². The molecule has 17 heavy (non-hydrogen) atoms. The van der Waals surface area contributed by atoms with E-state index in [1.165, 1.54) is 10.4 Å². The fraction of sp³-hybridized carbons (Fsp3) is 0.167. The molecule has 0 aliphatic carbocycles. The Hall–Kier alpha value is -1.32. The zero-order chi connectivity index (χ0) is 12.6. The molecule has 3 nitrogen and oxygen atoms in total. The second-order valence-electron chi connectivity index (χ2n) is 3.84. The fourth-order valence-electron chi connectivity index (χ4n) is 1.71. The smallest absolute Gasteiger partial charge is 0.299 e. The number of fused-ring (bicyclic) bond motifs is 1. The quantitative estimate of drug-likeness (QED) is 0.774. The first kappa shape index (κ1) is 12.1. The highest BCUT2D eigenvalue weighted by molar-refractivity contribution is 6.52. The number of anilines is 1. The summed E-state index contributed by atoms with van der Waals surface area (Å²) in [4.78, 5) is 24.9. The molecule has 1 aliphatic rings. The monoisotopic (exact) mass is 269 g/mol. The average Bonchev–Trinajstić information content (AvgIpc) is 2.54. The Morgan fingerprint density at radius 3 is 2.76 bits per heavy atom. The Morgan fingerprint density at radius 1 is 1.41 bits per heavy atom. The third-order valence-corrected chi connectivity index (χ3v) is 3.14. The number of ketones is 1. The molecule has 0 aromatic heterocycles. The van der Waals surface area contributed by atoms with Crippen molar-refractivity contribution in [3.05, 3.63) is 39.9 Å². The van der Waals surface area contributed by atoms with E-state index in [-0.39, 0.29) is 0 Å². The van der Waals surface area contributed by atoms with Gasteiger partial charge in [-0.25, -0.2) is 0 Å². The molecular formula is C12H9Cl2NO2. The predicted octanol–water partition coefficient (Wildman–Crippen LogP) is 3.01. The third-order valence-electron chi connectivity index (χ3n) is 2.53. The van der Waals surface area contributed by atoms with E-state index in [2.05, 4.69) is 0 Å². The highest BCUT2D eigenvalue weighted by Gasteiger charge is 2.35. The molecule has 0 unspecified atom stereocenters. The van der Waals surface area contributed by atoms with Crippen LogP contribution in [-0.4, -0.2) is 18.2 Å². The van der Waals surface area contributed by atoms with Gasteiger partial charge in [-0.1, -0.05) is 23.2 Å². The SMILES string of the molecule is C/C(=C/Cl)CN1C(=O)C(=O)c2ccc(Cl)cc21. The predicted molar refractivity (Wildman–Crippen MR) is 67.7 cm³/mol. The molecule has 0 saturated carbocycles. The number of Topliss-reactive ketones (excluding diaryl/α,β-unsaturated/α-hetero) is 1. The molecule has 5 heteroatoms. The Balaban J connectivity index is 2.46. The van der Waals surface area contributed by atoms with Crippen molar-refractivity contribution in [1.29, 1.82) is 0 Å². The summed E-state index contributed by atoms with van der Waals surface area (Å²) in [6.07, 6.45) is 0. The first-order valence-corrected chi connectivity index (χ1v) is 5.77. The Morgan fingerprint density at radius 2 is 2.12 bits per heavy atom. The molecule has 1 aromatic rings. The van der Waals surface area contributed by atoms with Gasteiger partial charge in [0, 0.05) is 17.1 Å². The Labute approximate surface area is 109 Å². The number of carbonyl (C=O) groups is 2. The molecule has 0 spiro atoms. The molecule has 2 rings (SSSR count). The van der Waals surface area contributed by atoms with Gasteiger partial charge < -0.3 is 4.90 Å². The molecule has 0 fully saturated rings. The minimum Gasteiger partial charge on any atom is -0.301 e. The van der Waals surface area contributed by atoms with Crippen molar-refractivity contribution in [2.24, 2.45) is 0 Å². The minimum atomic E-state index is -0.542. The van der Waals surface area contributed by atoms with Crippen LogP contribution in [0.25, 0.3) is 0 Å². The summed E-state index contributed by atoms with van der Waals surface area (Å²) in [6, 6.07) is 4.78. The van der Waals surface area contributed by atoms with E-state index in [0.717, 1.165) is 5.57 Å². The normalized spacial score (nSPS) is 15.5. The first-order chi connectivity index (χ1) is 8.04. The van der Waals surface area contributed by atoms with E-state index >= 15 is 0 Å². The van der Waals surface area contributed by atoms with Gasteiger partial charge in [-0.3, -0.25) is 9.59 Å². The highest BCUT2D eigenvalue weighted by atomic mass is 35.5. The molecule has 0 atom stereocenters. The molecule has 1 aliphatic heterocycles. The van der Waals surface area contributed by atoms with Crippen LogP contribution in [0.1, 0.15) is 17.3 Å². The van der Waals surface area contributed by atoms with Gasteiger partial charge in [-0.15, -0.1) is 0 Å². The number of benzene rings is 1. The topological polar surface area (TPSA) is 37.4 Å². The molecule has 1 aromatic carbocycles. The maximum absolute atomic E-state index is 11.8. The van der Waals surface area contributed by atoms with Gasteiger partial charge in [0.05, 0.1) is 11.3 Å². The van der Waals surface area contributed by atoms with Crippen LogP contribution in [0.4, 0.5) is 5.69 Å². The third kappa shape index (κ3) is 2.08. The largest absolute Gasteiger partial charge is 0.301 e. The van der Waals surface area contributed by atoms with Gasteiger partial charge >= 0.3 is 0 Å². The molecule has 0 radical (unpaired) electrons. The minimum absolute atomic E-state index is 0.293. The van der Waals surface area contributed by atoms with Gasteiger partial charge in [0.2, 0.25) is 0 Å². The standard InChI is InChI=1S/C12H9Cl2NO2/c1-7(5-13)6-15-10-4-8(14)2-3-9(10)11(16)12(15)17/h2-5H,6H2,1H3/b7-5-. The highest BCUT2D eigenvalue weighted by Crippen LogP contribution is 2.31. The summed E-state index contributed by atoms with van der Waals surface area (Å²) in [5.74, 6) is -1.04. The van der Waals surface area contributed by atoms with Crippen LogP contribution in [0.15, 0.2) is 29.3 Å². The second-order valence-corrected chi connectivity index (χ2v) is 4.49. The lowest BCUT2D eigenvalue weighted by molar-refractivity contribution is -0.114. The average molecular weight is 270 g/mol. The van der Waals surface area contributed by atoms with E-state index in [1.54, 1.807) is 25.1 Å². The van der Waals surface area contributed by atoms with Crippen molar-refractivity contribution in [2.75, 3.05) is 11.4 Å². The lowest BCUT2D eigenvalue weighted by Gasteiger charge is -2.16. The fourth-order valence-corrected chi connectivity index (χ4v) is 1.94. The molecule has 88 valence electrons. The summed E-state index contributed by atoms with van der Waals surface area (Å²) in [7, 11) is 0. The van der Waals surface area contributed by atoms with Crippen molar-refractivity contribution >= 4 is 40.6 Å². The maximum Gasteiger partial charge on any atom is 0.299 e. The molecule has 0 saturated heterocycles. The summed E-state index contributed by atoms with van der Waals surface area (Å²) < 4.78 is 0. The molecular weight excluding hydrogens is 261 g/mol. The second kappa shape index (κ2) is 4.51. The number of hydrogen-bond acceptors (Lipinski definition) is 2. The van der Waals surface area contributed by atoms with Crippen LogP contribution in [0.2, 0.25) is 5.02 Å². The van der Waals surface area contributed by atoms with Crippen LogP contribution in [-0.2, 0) is 4.79 Å². The summed E-state index contributed by atoms with van der Waals surface area (Å²) in [6.45, 7) is 2.08. The zero-order valence-corrected chi connectivity index (χ0v) is 10.5. The van der Waals surface area contributed by atoms with Crippen LogP contribution in [0.5, 0.6) is 0 Å². The number of halogens is 2. The molecule has 1 heterocycles. The lowest BCUT2D eigenvalue weighted by atomic mass is 10.1. The van der Waals surface area contributed by atoms with Gasteiger partial charge in [0.1, 0.15) is 0 Å². The number of amides is 1. The van der Waals surface area contributed by atoms with E-state index in [0.29, 0.717) is 22.8 Å². The summed E-state index contributed by atoms with van der Waals surface area (Å²) in [5.41, 5.74) is 3.12. The van der Waals surface area contributed by atoms with Gasteiger partial charge in [-0.2, -0.15) is 0 Å². The van der Waals surface area contributed by atoms with Gasteiger partial charge in [0.25, 0.3) is 11.7 Å². The van der Waals surface area contributed by atoms with Crippen molar-refractivity contribution in [3.8, 4) is 0 Å².